The van der Waals surface area contributed by atoms with Crippen LogP contribution in [0.2, 0.25) is 0 Å². The standard InChI is InChI=1S/C76H86BN3S/c1-69(2,3)50-30-32-60(53(40-50)48-27-19-16-20-28-48)78-62-43-52(79-61-31-29-49(47-25-17-15-18-26-47)39-57(61)73(11)33-21-23-35-75(73,79)13)44-63-65(62)77(68-66(78)54-45-55-56(46-64(54)81-68)72(9,10)38-37-71(55,7)8)59-42-51(70(4,5)6)41-58-67(59)80(63)76(14)36-24-22-34-74(58,76)12/h15-20,25-29,31,39-46H,21-24,30,32-38H2,1-14H3. The average molecular weight is 1080 g/mol. The molecule has 15 rings (SSSR count). The molecule has 414 valence electrons. The van der Waals surface area contributed by atoms with Crippen LogP contribution in [0.5, 0.6) is 0 Å². The second kappa shape index (κ2) is 17.0. The van der Waals surface area contributed by atoms with Gasteiger partial charge in [-0.3, -0.25) is 0 Å². The first-order chi connectivity index (χ1) is 38.4. The van der Waals surface area contributed by atoms with Crippen LogP contribution in [-0.4, -0.2) is 17.8 Å². The summed E-state index contributed by atoms with van der Waals surface area (Å²) in [7, 11) is 0. The van der Waals surface area contributed by atoms with Crippen molar-refractivity contribution >= 4 is 83.5 Å². The first-order valence-electron chi connectivity index (χ1n) is 31.5. The van der Waals surface area contributed by atoms with E-state index in [0.29, 0.717) is 0 Å². The van der Waals surface area contributed by atoms with Gasteiger partial charge in [-0.1, -0.05) is 199 Å². The maximum atomic E-state index is 3.02. The molecule has 81 heavy (non-hydrogen) atoms. The summed E-state index contributed by atoms with van der Waals surface area (Å²) in [6.07, 6.45) is 16.8. The fourth-order valence-corrected chi connectivity index (χ4v) is 19.4. The van der Waals surface area contributed by atoms with Gasteiger partial charge >= 0.3 is 0 Å². The Morgan fingerprint density at radius 3 is 1.75 bits per heavy atom. The van der Waals surface area contributed by atoms with Crippen LogP contribution < -0.4 is 30.4 Å². The summed E-state index contributed by atoms with van der Waals surface area (Å²) in [6, 6.07) is 46.6. The van der Waals surface area contributed by atoms with E-state index in [0.717, 1.165) is 19.3 Å². The highest BCUT2D eigenvalue weighted by molar-refractivity contribution is 7.33. The van der Waals surface area contributed by atoms with Gasteiger partial charge in [0.1, 0.15) is 0 Å². The zero-order valence-electron chi connectivity index (χ0n) is 51.4. The molecule has 6 aromatic carbocycles. The third-order valence-corrected chi connectivity index (χ3v) is 24.7. The molecule has 3 nitrogen and oxygen atoms in total. The van der Waals surface area contributed by atoms with Crippen molar-refractivity contribution in [3.05, 3.63) is 166 Å². The number of rotatable bonds is 4. The first-order valence-corrected chi connectivity index (χ1v) is 32.3. The summed E-state index contributed by atoms with van der Waals surface area (Å²) in [4.78, 5) is 8.88. The highest BCUT2D eigenvalue weighted by Gasteiger charge is 2.63. The zero-order chi connectivity index (χ0) is 56.3. The number of fused-ring (bicyclic) bond motifs is 13. The van der Waals surface area contributed by atoms with Crippen molar-refractivity contribution in [1.29, 1.82) is 0 Å². The molecule has 0 bridgehead atoms. The lowest BCUT2D eigenvalue weighted by Gasteiger charge is -2.53. The molecule has 0 spiro atoms. The Morgan fingerprint density at radius 1 is 0.494 bits per heavy atom. The van der Waals surface area contributed by atoms with Crippen LogP contribution in [0.3, 0.4) is 0 Å². The van der Waals surface area contributed by atoms with Crippen LogP contribution >= 0.6 is 11.3 Å². The molecular weight excluding hydrogens is 998 g/mol. The molecule has 8 aliphatic rings. The molecular formula is C76H86BN3S. The number of anilines is 6. The van der Waals surface area contributed by atoms with Crippen molar-refractivity contribution in [2.45, 2.75) is 212 Å². The Hall–Kier alpha value is -5.78. The van der Waals surface area contributed by atoms with E-state index in [4.69, 9.17) is 0 Å². The Labute approximate surface area is 490 Å². The predicted octanol–water partition coefficient (Wildman–Crippen LogP) is 19.2. The summed E-state index contributed by atoms with van der Waals surface area (Å²) in [5.41, 5.74) is 27.5. The van der Waals surface area contributed by atoms with E-state index in [1.807, 2.05) is 0 Å². The molecule has 0 saturated heterocycles. The molecule has 0 amide bonds. The Kier molecular flexibility index (Phi) is 10.9. The highest BCUT2D eigenvalue weighted by Crippen LogP contribution is 2.66. The maximum absolute atomic E-state index is 3.02. The molecule has 5 heterocycles. The minimum Gasteiger partial charge on any atom is -0.335 e. The van der Waals surface area contributed by atoms with Crippen LogP contribution in [0.25, 0.3) is 26.8 Å². The number of allylic oxidation sites excluding steroid dienone is 4. The molecule has 0 radical (unpaired) electrons. The topological polar surface area (TPSA) is 9.72 Å². The second-order valence-electron chi connectivity index (χ2n) is 30.9. The van der Waals surface area contributed by atoms with E-state index in [2.05, 4.69) is 244 Å². The molecule has 4 unspecified atom stereocenters. The van der Waals surface area contributed by atoms with E-state index >= 15 is 0 Å². The van der Waals surface area contributed by atoms with Crippen LogP contribution in [0.15, 0.2) is 133 Å². The van der Waals surface area contributed by atoms with Gasteiger partial charge in [-0.15, -0.1) is 11.3 Å². The highest BCUT2D eigenvalue weighted by atomic mass is 32.1. The van der Waals surface area contributed by atoms with E-state index < -0.39 is 0 Å². The third-order valence-electron chi connectivity index (χ3n) is 23.5. The van der Waals surface area contributed by atoms with Gasteiger partial charge in [0.15, 0.2) is 0 Å². The molecule has 0 N–H and O–H groups in total. The minimum atomic E-state index is -0.141. The smallest absolute Gasteiger partial charge is 0.264 e. The van der Waals surface area contributed by atoms with Crippen LogP contribution in [-0.2, 0) is 27.1 Å². The Morgan fingerprint density at radius 2 is 1.10 bits per heavy atom. The third kappa shape index (κ3) is 7.00. The summed E-state index contributed by atoms with van der Waals surface area (Å²) < 4.78 is 2.97. The lowest BCUT2D eigenvalue weighted by atomic mass is 9.36. The molecule has 2 saturated carbocycles. The average Bonchev–Trinajstić information content (AvgIpc) is 2.24. The van der Waals surface area contributed by atoms with Crippen molar-refractivity contribution in [2.24, 2.45) is 5.41 Å². The predicted molar refractivity (Wildman–Crippen MR) is 350 cm³/mol. The Bertz CT molecular complexity index is 3900. The molecule has 7 aromatic rings. The summed E-state index contributed by atoms with van der Waals surface area (Å²) in [6.45, 7) is 35.5. The number of benzene rings is 6. The van der Waals surface area contributed by atoms with Gasteiger partial charge < -0.3 is 14.7 Å². The normalized spacial score (nSPS) is 26.6. The van der Waals surface area contributed by atoms with E-state index in [1.54, 1.807) is 16.7 Å². The van der Waals surface area contributed by atoms with Gasteiger partial charge in [-0.2, -0.15) is 0 Å². The maximum Gasteiger partial charge on any atom is 0.264 e. The van der Waals surface area contributed by atoms with Crippen LogP contribution in [0, 0.1) is 5.41 Å². The van der Waals surface area contributed by atoms with Gasteiger partial charge in [-0.25, -0.2) is 0 Å². The zero-order valence-corrected chi connectivity index (χ0v) is 52.2. The fraction of sp³-hybridized carbons (Fsp3) is 0.447. The first kappa shape index (κ1) is 52.1. The molecule has 2 fully saturated rings. The summed E-state index contributed by atoms with van der Waals surface area (Å²) >= 11 is 2.13. The summed E-state index contributed by atoms with van der Waals surface area (Å²) in [5, 5.41) is 1.44. The Balaban J connectivity index is 1.11. The van der Waals surface area contributed by atoms with E-state index in [1.165, 1.54) is 162 Å². The van der Waals surface area contributed by atoms with Crippen molar-refractivity contribution in [1.82, 2.24) is 0 Å². The largest absolute Gasteiger partial charge is 0.335 e. The fourth-order valence-electron chi connectivity index (χ4n) is 18.1. The molecule has 1 aromatic heterocycles. The van der Waals surface area contributed by atoms with Crippen molar-refractivity contribution in [3.63, 3.8) is 0 Å². The van der Waals surface area contributed by atoms with Gasteiger partial charge in [0.2, 0.25) is 0 Å². The quantitative estimate of drug-likeness (QED) is 0.163. The summed E-state index contributed by atoms with van der Waals surface area (Å²) in [5.74, 6) is 0. The van der Waals surface area contributed by atoms with Gasteiger partial charge in [0.05, 0.1) is 16.8 Å². The minimum absolute atomic E-state index is 0.0194. The molecule has 4 aliphatic carbocycles. The van der Waals surface area contributed by atoms with Crippen LogP contribution in [0.1, 0.15) is 207 Å². The molecule has 5 heteroatoms. The molecule has 4 atom stereocenters. The van der Waals surface area contributed by atoms with Crippen LogP contribution in [0.4, 0.5) is 34.1 Å². The van der Waals surface area contributed by atoms with E-state index in [9.17, 15) is 0 Å². The van der Waals surface area contributed by atoms with E-state index in [-0.39, 0.29) is 50.3 Å². The van der Waals surface area contributed by atoms with Gasteiger partial charge in [-0.05, 0) is 179 Å². The van der Waals surface area contributed by atoms with Gasteiger partial charge in [0.25, 0.3) is 6.71 Å². The van der Waals surface area contributed by atoms with Gasteiger partial charge in [0, 0.05) is 65.4 Å². The number of hydrogen-bond acceptors (Lipinski definition) is 4. The molecule has 4 aliphatic heterocycles. The van der Waals surface area contributed by atoms with Crippen molar-refractivity contribution in [3.8, 4) is 11.1 Å². The lowest BCUT2D eigenvalue weighted by Crippen LogP contribution is -2.64. The number of thiophene rings is 1. The monoisotopic (exact) mass is 1080 g/mol. The lowest BCUT2D eigenvalue weighted by molar-refractivity contribution is 0.194. The van der Waals surface area contributed by atoms with Crippen molar-refractivity contribution < 1.29 is 0 Å². The second-order valence-corrected chi connectivity index (χ2v) is 32.0. The number of nitrogens with zero attached hydrogens (tertiary/aromatic N) is 3. The van der Waals surface area contributed by atoms with Crippen molar-refractivity contribution in [2.75, 3.05) is 14.7 Å². The number of hydrogen-bond donors (Lipinski definition) is 0. The SMILES string of the molecule is CC(C)(C)C1=CC(c2ccccc2)=C(N2c3cc(N4c5ccc(-c6ccccc6)cc5C5(C)CCCCC45C)cc4c3B(c3cc(C(C)(C)C)cc5c3N4C3(C)CCCCC53C)c3sc4cc5c(cc4c32)C(C)(C)CCC5(C)C)CC1.